The molecule has 17 heavy (non-hydrogen) atoms. The average molecular weight is 231 g/mol. The van der Waals surface area contributed by atoms with Gasteiger partial charge in [-0.1, -0.05) is 6.92 Å². The van der Waals surface area contributed by atoms with E-state index in [0.29, 0.717) is 6.54 Å². The predicted molar refractivity (Wildman–Crippen MR) is 65.1 cm³/mol. The number of aromatic nitrogens is 4. The van der Waals surface area contributed by atoms with Crippen molar-refractivity contribution in [2.24, 2.45) is 0 Å². The van der Waals surface area contributed by atoms with E-state index in [1.54, 1.807) is 6.20 Å². The van der Waals surface area contributed by atoms with Crippen molar-refractivity contribution in [3.8, 4) is 0 Å². The maximum absolute atomic E-state index is 4.33. The summed E-state index contributed by atoms with van der Waals surface area (Å²) in [4.78, 5) is 4.33. The van der Waals surface area contributed by atoms with Crippen molar-refractivity contribution in [1.82, 2.24) is 25.1 Å². The molecule has 5 nitrogen and oxygen atoms in total. The zero-order valence-corrected chi connectivity index (χ0v) is 10.0. The first-order chi connectivity index (χ1) is 8.40. The Bertz CT molecular complexity index is 437. The summed E-state index contributed by atoms with van der Waals surface area (Å²) in [5.41, 5.74) is 0.945. The van der Waals surface area contributed by atoms with Crippen molar-refractivity contribution in [3.05, 3.63) is 42.2 Å². The number of imidazole rings is 1. The van der Waals surface area contributed by atoms with Crippen LogP contribution in [-0.4, -0.2) is 19.7 Å². The highest BCUT2D eigenvalue weighted by atomic mass is 15.1. The molecule has 0 saturated heterocycles. The van der Waals surface area contributed by atoms with Gasteiger partial charge < -0.3 is 9.88 Å². The lowest BCUT2D eigenvalue weighted by Crippen LogP contribution is -2.17. The molecular formula is C12H17N5. The van der Waals surface area contributed by atoms with E-state index in [0.717, 1.165) is 31.0 Å². The van der Waals surface area contributed by atoms with Crippen LogP contribution < -0.4 is 5.32 Å². The molecule has 0 aliphatic heterocycles. The van der Waals surface area contributed by atoms with Gasteiger partial charge in [-0.15, -0.1) is 0 Å². The summed E-state index contributed by atoms with van der Waals surface area (Å²) in [6.45, 7) is 4.65. The topological polar surface area (TPSA) is 55.6 Å². The predicted octanol–water partition coefficient (Wildman–Crippen LogP) is 1.37. The molecule has 5 heteroatoms. The Kier molecular flexibility index (Phi) is 4.21. The molecule has 0 unspecified atom stereocenters. The molecule has 0 amide bonds. The van der Waals surface area contributed by atoms with Gasteiger partial charge in [0.2, 0.25) is 0 Å². The van der Waals surface area contributed by atoms with Crippen molar-refractivity contribution in [2.45, 2.75) is 33.0 Å². The van der Waals surface area contributed by atoms with Crippen molar-refractivity contribution in [3.63, 3.8) is 0 Å². The number of hydrogen-bond donors (Lipinski definition) is 1. The Morgan fingerprint density at radius 1 is 1.29 bits per heavy atom. The Balaban J connectivity index is 1.84. The summed E-state index contributed by atoms with van der Waals surface area (Å²) < 4.78 is 2.17. The molecule has 0 aliphatic rings. The SMILES string of the molecule is CCCn1ccnc1CNCc1cccnn1. The zero-order chi connectivity index (χ0) is 11.9. The lowest BCUT2D eigenvalue weighted by atomic mass is 10.4. The highest BCUT2D eigenvalue weighted by Gasteiger charge is 2.01. The second-order valence-corrected chi connectivity index (χ2v) is 3.86. The van der Waals surface area contributed by atoms with E-state index >= 15 is 0 Å². The monoisotopic (exact) mass is 231 g/mol. The molecule has 0 fully saturated rings. The van der Waals surface area contributed by atoms with Crippen LogP contribution in [0.1, 0.15) is 24.9 Å². The molecule has 0 radical (unpaired) electrons. The highest BCUT2D eigenvalue weighted by molar-refractivity contribution is 4.99. The molecule has 2 aromatic rings. The van der Waals surface area contributed by atoms with Crippen LogP contribution in [0.4, 0.5) is 0 Å². The third kappa shape index (κ3) is 3.35. The van der Waals surface area contributed by atoms with Crippen LogP contribution in [0.15, 0.2) is 30.7 Å². The molecule has 0 aromatic carbocycles. The van der Waals surface area contributed by atoms with E-state index in [1.165, 1.54) is 0 Å². The standard InChI is InChI=1S/C12H17N5/c1-2-7-17-8-6-14-12(17)10-13-9-11-4-3-5-15-16-11/h3-6,8,13H,2,7,9-10H2,1H3. The van der Waals surface area contributed by atoms with E-state index in [4.69, 9.17) is 0 Å². The summed E-state index contributed by atoms with van der Waals surface area (Å²) >= 11 is 0. The van der Waals surface area contributed by atoms with Crippen LogP contribution in [0.5, 0.6) is 0 Å². The van der Waals surface area contributed by atoms with Crippen molar-refractivity contribution in [1.29, 1.82) is 0 Å². The van der Waals surface area contributed by atoms with Gasteiger partial charge in [0.25, 0.3) is 0 Å². The van der Waals surface area contributed by atoms with Crippen molar-refractivity contribution in [2.75, 3.05) is 0 Å². The van der Waals surface area contributed by atoms with Gasteiger partial charge in [-0.25, -0.2) is 4.98 Å². The minimum atomic E-state index is 0.715. The Hall–Kier alpha value is -1.75. The van der Waals surface area contributed by atoms with Crippen LogP contribution in [0.25, 0.3) is 0 Å². The Morgan fingerprint density at radius 3 is 3.00 bits per heavy atom. The van der Waals surface area contributed by atoms with Gasteiger partial charge in [-0.05, 0) is 18.6 Å². The van der Waals surface area contributed by atoms with Gasteiger partial charge in [0.1, 0.15) is 5.82 Å². The molecule has 1 N–H and O–H groups in total. The summed E-state index contributed by atoms with van der Waals surface area (Å²) in [6.07, 6.45) is 6.66. The minimum absolute atomic E-state index is 0.715. The van der Waals surface area contributed by atoms with Crippen LogP contribution in [0.2, 0.25) is 0 Å². The average Bonchev–Trinajstić information content (AvgIpc) is 2.79. The molecule has 0 aliphatic carbocycles. The molecule has 0 atom stereocenters. The van der Waals surface area contributed by atoms with Crippen LogP contribution in [0.3, 0.4) is 0 Å². The van der Waals surface area contributed by atoms with Gasteiger partial charge in [0.05, 0.1) is 12.2 Å². The minimum Gasteiger partial charge on any atom is -0.334 e. The molecular weight excluding hydrogens is 214 g/mol. The number of aryl methyl sites for hydroxylation is 1. The van der Waals surface area contributed by atoms with Crippen LogP contribution in [-0.2, 0) is 19.6 Å². The quantitative estimate of drug-likeness (QED) is 0.816. The molecule has 90 valence electrons. The van der Waals surface area contributed by atoms with E-state index < -0.39 is 0 Å². The molecule has 0 saturated carbocycles. The highest BCUT2D eigenvalue weighted by Crippen LogP contribution is 1.99. The molecule has 2 heterocycles. The maximum atomic E-state index is 4.33. The normalized spacial score (nSPS) is 10.6. The lowest BCUT2D eigenvalue weighted by Gasteiger charge is -2.07. The van der Waals surface area contributed by atoms with E-state index in [-0.39, 0.29) is 0 Å². The third-order valence-corrected chi connectivity index (χ3v) is 2.48. The summed E-state index contributed by atoms with van der Waals surface area (Å²) in [5.74, 6) is 1.07. The van der Waals surface area contributed by atoms with Crippen LogP contribution in [0, 0.1) is 0 Å². The Labute approximate surface area is 101 Å². The Morgan fingerprint density at radius 2 is 2.24 bits per heavy atom. The fourth-order valence-corrected chi connectivity index (χ4v) is 1.68. The first-order valence-corrected chi connectivity index (χ1v) is 5.87. The first kappa shape index (κ1) is 11.7. The van der Waals surface area contributed by atoms with Crippen molar-refractivity contribution >= 4 is 0 Å². The van der Waals surface area contributed by atoms with Gasteiger partial charge in [-0.3, -0.25) is 0 Å². The second-order valence-electron chi connectivity index (χ2n) is 3.86. The van der Waals surface area contributed by atoms with E-state index in [1.807, 2.05) is 24.5 Å². The lowest BCUT2D eigenvalue weighted by molar-refractivity contribution is 0.582. The number of nitrogens with one attached hydrogen (secondary N) is 1. The second kappa shape index (κ2) is 6.10. The van der Waals surface area contributed by atoms with Gasteiger partial charge in [0.15, 0.2) is 0 Å². The third-order valence-electron chi connectivity index (χ3n) is 2.48. The molecule has 0 bridgehead atoms. The number of nitrogens with zero attached hydrogens (tertiary/aromatic N) is 4. The van der Waals surface area contributed by atoms with E-state index in [2.05, 4.69) is 32.0 Å². The van der Waals surface area contributed by atoms with Gasteiger partial charge in [-0.2, -0.15) is 10.2 Å². The fourth-order valence-electron chi connectivity index (χ4n) is 1.68. The molecule has 2 aromatic heterocycles. The zero-order valence-electron chi connectivity index (χ0n) is 10.0. The molecule has 0 spiro atoms. The van der Waals surface area contributed by atoms with Gasteiger partial charge >= 0.3 is 0 Å². The van der Waals surface area contributed by atoms with Crippen molar-refractivity contribution < 1.29 is 0 Å². The smallest absolute Gasteiger partial charge is 0.122 e. The maximum Gasteiger partial charge on any atom is 0.122 e. The number of hydrogen-bond acceptors (Lipinski definition) is 4. The van der Waals surface area contributed by atoms with E-state index in [9.17, 15) is 0 Å². The first-order valence-electron chi connectivity index (χ1n) is 5.87. The largest absolute Gasteiger partial charge is 0.334 e. The fraction of sp³-hybridized carbons (Fsp3) is 0.417. The van der Waals surface area contributed by atoms with Gasteiger partial charge in [0, 0.05) is 31.7 Å². The van der Waals surface area contributed by atoms with Crippen LogP contribution >= 0.6 is 0 Å². The summed E-state index contributed by atoms with van der Waals surface area (Å²) in [6, 6.07) is 3.85. The summed E-state index contributed by atoms with van der Waals surface area (Å²) in [7, 11) is 0. The number of rotatable bonds is 6. The summed E-state index contributed by atoms with van der Waals surface area (Å²) in [5, 5.41) is 11.2. The molecule has 2 rings (SSSR count).